The van der Waals surface area contributed by atoms with Crippen molar-refractivity contribution in [3.05, 3.63) is 24.2 Å². The number of hydrogen-bond donors (Lipinski definition) is 5. The number of alkyl carbamates (subject to hydrolysis) is 1. The Labute approximate surface area is 176 Å². The second-order valence-corrected chi connectivity index (χ2v) is 7.40. The first-order valence-corrected chi connectivity index (χ1v) is 9.32. The highest BCUT2D eigenvalue weighted by atomic mass is 16.6. The molecular formula is C18H22N6O7. The fourth-order valence-corrected chi connectivity index (χ4v) is 3.39. The number of ether oxygens (including phenoxy) is 2. The number of nitrogens with two attached hydrogens (primary N) is 1. The lowest BCUT2D eigenvalue weighted by Crippen LogP contribution is -2.45. The number of aliphatic hydroxyl groups is 2. The number of carbonyl (C=O) groups is 2. The lowest BCUT2D eigenvalue weighted by atomic mass is 9.92. The molecule has 166 valence electrons. The third-order valence-electron chi connectivity index (χ3n) is 5.07. The predicted molar refractivity (Wildman–Crippen MR) is 102 cm³/mol. The minimum absolute atomic E-state index is 0.100. The van der Waals surface area contributed by atoms with Crippen molar-refractivity contribution in [3.63, 3.8) is 0 Å². The summed E-state index contributed by atoms with van der Waals surface area (Å²) in [5, 5.41) is 46.2. The summed E-state index contributed by atoms with van der Waals surface area (Å²) < 4.78 is 11.9. The van der Waals surface area contributed by atoms with Crippen LogP contribution in [0.25, 0.3) is 5.52 Å². The lowest BCUT2D eigenvalue weighted by Gasteiger charge is -2.24. The van der Waals surface area contributed by atoms with E-state index in [1.54, 1.807) is 13.8 Å². The van der Waals surface area contributed by atoms with Crippen LogP contribution in [0.1, 0.15) is 19.5 Å². The second-order valence-electron chi connectivity index (χ2n) is 7.40. The molecular weight excluding hydrogens is 412 g/mol. The summed E-state index contributed by atoms with van der Waals surface area (Å²) in [6.07, 6.45) is -4.45. The average Bonchev–Trinajstić information content (AvgIpc) is 3.26. The predicted octanol–water partition coefficient (Wildman–Crippen LogP) is -1.01. The quantitative estimate of drug-likeness (QED) is 0.372. The van der Waals surface area contributed by atoms with Gasteiger partial charge in [0.15, 0.2) is 5.82 Å². The number of carbonyl (C=O) groups excluding carboxylic acids is 1. The highest BCUT2D eigenvalue weighted by molar-refractivity contribution is 5.80. The molecule has 0 aromatic carbocycles. The average molecular weight is 434 g/mol. The number of nitrogens with zero attached hydrogens (tertiary/aromatic N) is 4. The summed E-state index contributed by atoms with van der Waals surface area (Å²) in [4.78, 5) is 27.0. The molecule has 3 heterocycles. The molecule has 0 unspecified atom stereocenters. The van der Waals surface area contributed by atoms with Crippen LogP contribution in [0, 0.1) is 17.2 Å². The fraction of sp³-hybridized carbons (Fsp3) is 0.500. The largest absolute Gasteiger partial charge is 0.480 e. The molecule has 6 N–H and O–H groups in total. The third kappa shape index (κ3) is 3.83. The van der Waals surface area contributed by atoms with Gasteiger partial charge in [-0.15, -0.1) is 0 Å². The molecule has 0 aliphatic carbocycles. The van der Waals surface area contributed by atoms with Crippen LogP contribution in [0.4, 0.5) is 10.6 Å². The number of carboxylic acids is 1. The van der Waals surface area contributed by atoms with Gasteiger partial charge in [0.1, 0.15) is 48.9 Å². The summed E-state index contributed by atoms with van der Waals surface area (Å²) in [6, 6.07) is 3.67. The van der Waals surface area contributed by atoms with Crippen LogP contribution in [0.3, 0.4) is 0 Å². The van der Waals surface area contributed by atoms with Crippen molar-refractivity contribution in [1.29, 1.82) is 5.26 Å². The van der Waals surface area contributed by atoms with Crippen molar-refractivity contribution in [2.75, 3.05) is 12.3 Å². The summed E-state index contributed by atoms with van der Waals surface area (Å²) in [7, 11) is 0. The number of anilines is 1. The molecule has 1 amide bonds. The van der Waals surface area contributed by atoms with Gasteiger partial charge in [-0.05, 0) is 18.1 Å². The zero-order chi connectivity index (χ0) is 22.9. The summed E-state index contributed by atoms with van der Waals surface area (Å²) in [5.74, 6) is -1.50. The maximum absolute atomic E-state index is 12.0. The number of carboxylic acid groups (broad SMARTS) is 1. The Morgan fingerprint density at radius 2 is 2.16 bits per heavy atom. The molecule has 5 atom stereocenters. The van der Waals surface area contributed by atoms with E-state index in [9.17, 15) is 25.1 Å². The molecule has 1 aliphatic rings. The Balaban J connectivity index is 1.78. The van der Waals surface area contributed by atoms with Crippen LogP contribution in [-0.2, 0) is 19.9 Å². The second kappa shape index (κ2) is 8.34. The molecule has 1 aliphatic heterocycles. The molecule has 1 saturated heterocycles. The highest BCUT2D eigenvalue weighted by Crippen LogP contribution is 2.40. The van der Waals surface area contributed by atoms with Crippen molar-refractivity contribution >= 4 is 23.4 Å². The number of aliphatic hydroxyl groups excluding tert-OH is 2. The fourth-order valence-electron chi connectivity index (χ4n) is 3.39. The number of fused-ring (bicyclic) bond motifs is 1. The van der Waals surface area contributed by atoms with Gasteiger partial charge in [0.05, 0.1) is 5.69 Å². The Bertz CT molecular complexity index is 1030. The summed E-state index contributed by atoms with van der Waals surface area (Å²) in [5.41, 5.74) is 4.23. The lowest BCUT2D eigenvalue weighted by molar-refractivity contribution is -0.140. The van der Waals surface area contributed by atoms with E-state index in [0.717, 1.165) is 6.33 Å². The molecule has 2 aromatic heterocycles. The Morgan fingerprint density at radius 3 is 2.77 bits per heavy atom. The molecule has 0 spiro atoms. The number of nitrogens with one attached hydrogen (secondary N) is 1. The van der Waals surface area contributed by atoms with E-state index in [-0.39, 0.29) is 11.5 Å². The van der Waals surface area contributed by atoms with Gasteiger partial charge >= 0.3 is 12.1 Å². The van der Waals surface area contributed by atoms with Crippen molar-refractivity contribution < 1.29 is 34.4 Å². The molecule has 13 nitrogen and oxygen atoms in total. The maximum Gasteiger partial charge on any atom is 0.407 e. The number of hydrogen-bond acceptors (Lipinski definition) is 10. The molecule has 0 saturated carbocycles. The Morgan fingerprint density at radius 1 is 1.45 bits per heavy atom. The number of nitrogen functional groups attached to an aromatic ring is 1. The molecule has 0 radical (unpaired) electrons. The molecule has 31 heavy (non-hydrogen) atoms. The van der Waals surface area contributed by atoms with Gasteiger partial charge in [0.25, 0.3) is 0 Å². The zero-order valence-electron chi connectivity index (χ0n) is 16.7. The minimum Gasteiger partial charge on any atom is -0.480 e. The number of aliphatic carboxylic acids is 1. The van der Waals surface area contributed by atoms with Crippen molar-refractivity contribution in [1.82, 2.24) is 19.9 Å². The molecule has 1 fully saturated rings. The Kier molecular flexibility index (Phi) is 5.98. The monoisotopic (exact) mass is 434 g/mol. The van der Waals surface area contributed by atoms with Crippen LogP contribution in [0.5, 0.6) is 0 Å². The van der Waals surface area contributed by atoms with E-state index >= 15 is 0 Å². The number of rotatable bonds is 6. The van der Waals surface area contributed by atoms with Crippen LogP contribution in [0.15, 0.2) is 18.5 Å². The van der Waals surface area contributed by atoms with Gasteiger partial charge in [-0.3, -0.25) is 0 Å². The molecule has 3 rings (SSSR count). The first-order chi connectivity index (χ1) is 14.6. The van der Waals surface area contributed by atoms with E-state index in [2.05, 4.69) is 15.4 Å². The zero-order valence-corrected chi connectivity index (χ0v) is 16.7. The Hall–Kier alpha value is -3.47. The number of aromatic nitrogens is 3. The van der Waals surface area contributed by atoms with E-state index in [1.807, 2.05) is 6.07 Å². The van der Waals surface area contributed by atoms with Crippen LogP contribution in [-0.4, -0.2) is 72.9 Å². The van der Waals surface area contributed by atoms with E-state index < -0.39 is 54.5 Å². The smallest absolute Gasteiger partial charge is 0.407 e. The van der Waals surface area contributed by atoms with Crippen LogP contribution in [0.2, 0.25) is 0 Å². The third-order valence-corrected chi connectivity index (χ3v) is 5.07. The van der Waals surface area contributed by atoms with E-state index in [0.29, 0.717) is 5.52 Å². The molecule has 0 bridgehead atoms. The normalized spacial score (nSPS) is 26.5. The SMILES string of the molecule is CC(C)[C@H](NC(=O)OC[C@H]1O[C@@](C#N)(c2ccc3c(N)ncnn23)[C@H](O)[C@@H]1O)C(=O)O. The van der Waals surface area contributed by atoms with Crippen molar-refractivity contribution in [2.24, 2.45) is 5.92 Å². The van der Waals surface area contributed by atoms with Crippen molar-refractivity contribution in [2.45, 2.75) is 43.8 Å². The van der Waals surface area contributed by atoms with Gasteiger partial charge in [-0.1, -0.05) is 13.8 Å². The van der Waals surface area contributed by atoms with Crippen LogP contribution < -0.4 is 11.1 Å². The number of nitriles is 1. The molecule has 2 aromatic rings. The topological polar surface area (TPSA) is 205 Å². The van der Waals surface area contributed by atoms with E-state index in [4.69, 9.17) is 20.3 Å². The van der Waals surface area contributed by atoms with Gasteiger partial charge in [0, 0.05) is 0 Å². The first-order valence-electron chi connectivity index (χ1n) is 9.32. The van der Waals surface area contributed by atoms with Gasteiger partial charge in [-0.2, -0.15) is 10.4 Å². The van der Waals surface area contributed by atoms with Gasteiger partial charge in [0.2, 0.25) is 5.60 Å². The van der Waals surface area contributed by atoms with Crippen LogP contribution >= 0.6 is 0 Å². The minimum atomic E-state index is -2.03. The van der Waals surface area contributed by atoms with Crippen molar-refractivity contribution in [3.8, 4) is 6.07 Å². The summed E-state index contributed by atoms with van der Waals surface area (Å²) >= 11 is 0. The van der Waals surface area contributed by atoms with E-state index in [1.165, 1.54) is 16.6 Å². The standard InChI is InChI=1S/C18H22N6O7/c1-8(2)12(16(27)28)23-17(29)30-5-10-13(25)14(26)18(6-19,31-10)11-4-3-9-15(20)21-7-22-24(9)11/h3-4,7-8,10,12-14,25-26H,5H2,1-2H3,(H,23,29)(H,27,28)(H2,20,21,22)/t10-,12+,13-,14-,18+/m1/s1. The van der Waals surface area contributed by atoms with Gasteiger partial charge < -0.3 is 35.8 Å². The number of amides is 1. The van der Waals surface area contributed by atoms with Gasteiger partial charge in [-0.25, -0.2) is 19.1 Å². The first kappa shape index (κ1) is 22.2. The highest BCUT2D eigenvalue weighted by Gasteiger charge is 2.57. The summed E-state index contributed by atoms with van der Waals surface area (Å²) in [6.45, 7) is 2.68. The maximum atomic E-state index is 12.0. The molecule has 13 heteroatoms.